The highest BCUT2D eigenvalue weighted by atomic mass is 16.6. The number of methoxy groups -OCH3 is 1. The number of nitro benzene ring substituents is 1. The molecule has 0 spiro atoms. The number of fused-ring (bicyclic) bond motifs is 1. The van der Waals surface area contributed by atoms with E-state index in [9.17, 15) is 19.7 Å². The largest absolute Gasteiger partial charge is 0.497 e. The third-order valence-electron chi connectivity index (χ3n) is 5.70. The molecule has 0 saturated carbocycles. The predicted molar refractivity (Wildman–Crippen MR) is 117 cm³/mol. The summed E-state index contributed by atoms with van der Waals surface area (Å²) in [6.07, 6.45) is 1.55. The Morgan fingerprint density at radius 2 is 1.94 bits per heavy atom. The van der Waals surface area contributed by atoms with Crippen LogP contribution in [0, 0.1) is 10.1 Å². The van der Waals surface area contributed by atoms with E-state index in [1.165, 1.54) is 23.1 Å². The molecule has 32 heavy (non-hydrogen) atoms. The number of hydrogen-bond acceptors (Lipinski definition) is 7. The minimum Gasteiger partial charge on any atom is -0.497 e. The van der Waals surface area contributed by atoms with Crippen LogP contribution in [0.25, 0.3) is 0 Å². The highest BCUT2D eigenvalue weighted by Gasteiger charge is 2.30. The highest BCUT2D eigenvalue weighted by molar-refractivity contribution is 6.02. The molecular formula is C22H24N4O6. The van der Waals surface area contributed by atoms with Gasteiger partial charge in [-0.05, 0) is 43.2 Å². The average molecular weight is 440 g/mol. The molecule has 1 fully saturated rings. The van der Waals surface area contributed by atoms with Gasteiger partial charge in [0.25, 0.3) is 11.6 Å². The smallest absolute Gasteiger partial charge is 0.271 e. The van der Waals surface area contributed by atoms with Crippen molar-refractivity contribution in [3.8, 4) is 11.5 Å². The Balaban J connectivity index is 1.35. The molecule has 2 aromatic carbocycles. The molecule has 2 amide bonds. The third-order valence-corrected chi connectivity index (χ3v) is 5.70. The van der Waals surface area contributed by atoms with E-state index in [-0.39, 0.29) is 36.5 Å². The van der Waals surface area contributed by atoms with E-state index in [0.29, 0.717) is 5.75 Å². The molecule has 4 rings (SSSR count). The Morgan fingerprint density at radius 1 is 1.22 bits per heavy atom. The van der Waals surface area contributed by atoms with Crippen LogP contribution >= 0.6 is 0 Å². The molecule has 0 aliphatic carbocycles. The van der Waals surface area contributed by atoms with Gasteiger partial charge in [0.05, 0.1) is 17.7 Å². The fourth-order valence-corrected chi connectivity index (χ4v) is 3.97. The Morgan fingerprint density at radius 3 is 2.59 bits per heavy atom. The van der Waals surface area contributed by atoms with Gasteiger partial charge in [-0.15, -0.1) is 0 Å². The number of anilines is 2. The molecule has 2 aromatic rings. The lowest BCUT2D eigenvalue weighted by molar-refractivity contribution is -0.384. The fraction of sp³-hybridized carbons (Fsp3) is 0.364. The maximum absolute atomic E-state index is 12.7. The molecular weight excluding hydrogens is 416 g/mol. The van der Waals surface area contributed by atoms with E-state index in [4.69, 9.17) is 9.47 Å². The van der Waals surface area contributed by atoms with E-state index in [1.807, 2.05) is 24.3 Å². The lowest BCUT2D eigenvalue weighted by Crippen LogP contribution is -2.50. The van der Waals surface area contributed by atoms with Crippen molar-refractivity contribution in [3.05, 3.63) is 52.6 Å². The second-order valence-electron chi connectivity index (χ2n) is 7.70. The maximum atomic E-state index is 12.7. The van der Waals surface area contributed by atoms with Crippen LogP contribution in [0.1, 0.15) is 12.8 Å². The molecule has 10 heteroatoms. The number of rotatable bonds is 6. The zero-order valence-corrected chi connectivity index (χ0v) is 17.7. The maximum Gasteiger partial charge on any atom is 0.271 e. The summed E-state index contributed by atoms with van der Waals surface area (Å²) < 4.78 is 10.5. The quantitative estimate of drug-likeness (QED) is 0.540. The van der Waals surface area contributed by atoms with Crippen LogP contribution in [0.2, 0.25) is 0 Å². The molecule has 2 heterocycles. The van der Waals surface area contributed by atoms with Crippen LogP contribution in [-0.4, -0.2) is 56.1 Å². The van der Waals surface area contributed by atoms with Gasteiger partial charge in [-0.1, -0.05) is 0 Å². The van der Waals surface area contributed by atoms with Crippen molar-refractivity contribution in [2.75, 3.05) is 43.2 Å². The number of amides is 2. The van der Waals surface area contributed by atoms with Gasteiger partial charge in [-0.3, -0.25) is 24.6 Å². The van der Waals surface area contributed by atoms with Crippen LogP contribution in [0.3, 0.4) is 0 Å². The SMILES string of the molecule is COc1ccc(N2CCC(NC(=O)CN3C(=O)COc4ccc([N+](=O)[O-])cc43)CC2)cc1. The van der Waals surface area contributed by atoms with Gasteiger partial charge in [0.2, 0.25) is 5.91 Å². The van der Waals surface area contributed by atoms with Crippen molar-refractivity contribution in [2.45, 2.75) is 18.9 Å². The van der Waals surface area contributed by atoms with Gasteiger partial charge in [-0.25, -0.2) is 0 Å². The zero-order valence-electron chi connectivity index (χ0n) is 17.7. The van der Waals surface area contributed by atoms with Crippen LogP contribution < -0.4 is 24.6 Å². The van der Waals surface area contributed by atoms with Crippen LogP contribution in [0.5, 0.6) is 11.5 Å². The molecule has 0 radical (unpaired) electrons. The first-order valence-electron chi connectivity index (χ1n) is 10.3. The summed E-state index contributed by atoms with van der Waals surface area (Å²) in [5, 5.41) is 14.1. The van der Waals surface area contributed by atoms with Crippen LogP contribution in [0.15, 0.2) is 42.5 Å². The van der Waals surface area contributed by atoms with Crippen molar-refractivity contribution < 1.29 is 24.0 Å². The molecule has 1 saturated heterocycles. The Bertz CT molecular complexity index is 1020. The van der Waals surface area contributed by atoms with E-state index < -0.39 is 10.8 Å². The molecule has 168 valence electrons. The number of non-ortho nitro benzene ring substituents is 1. The van der Waals surface area contributed by atoms with Gasteiger partial charge >= 0.3 is 0 Å². The summed E-state index contributed by atoms with van der Waals surface area (Å²) >= 11 is 0. The monoisotopic (exact) mass is 440 g/mol. The Hall–Kier alpha value is -3.82. The summed E-state index contributed by atoms with van der Waals surface area (Å²) in [5.74, 6) is 0.430. The van der Waals surface area contributed by atoms with E-state index in [2.05, 4.69) is 10.2 Å². The van der Waals surface area contributed by atoms with Gasteiger partial charge in [0.1, 0.15) is 18.0 Å². The summed E-state index contributed by atoms with van der Waals surface area (Å²) in [6, 6.07) is 11.9. The number of piperidine rings is 1. The first kappa shape index (κ1) is 21.4. The molecule has 2 aliphatic heterocycles. The highest BCUT2D eigenvalue weighted by Crippen LogP contribution is 2.35. The van der Waals surface area contributed by atoms with Gasteiger partial charge in [-0.2, -0.15) is 0 Å². The zero-order chi connectivity index (χ0) is 22.7. The molecule has 2 aliphatic rings. The summed E-state index contributed by atoms with van der Waals surface area (Å²) in [6.45, 7) is 1.17. The summed E-state index contributed by atoms with van der Waals surface area (Å²) in [5.41, 5.74) is 1.17. The second-order valence-corrected chi connectivity index (χ2v) is 7.70. The predicted octanol–water partition coefficient (Wildman–Crippen LogP) is 2.11. The number of nitrogens with one attached hydrogen (secondary N) is 1. The first-order valence-corrected chi connectivity index (χ1v) is 10.3. The van der Waals surface area contributed by atoms with Crippen LogP contribution in [-0.2, 0) is 9.59 Å². The van der Waals surface area contributed by atoms with Crippen molar-refractivity contribution >= 4 is 28.9 Å². The van der Waals surface area contributed by atoms with Gasteiger partial charge in [0, 0.05) is 37.0 Å². The van der Waals surface area contributed by atoms with Crippen molar-refractivity contribution in [3.63, 3.8) is 0 Å². The lowest BCUT2D eigenvalue weighted by atomic mass is 10.0. The van der Waals surface area contributed by atoms with E-state index >= 15 is 0 Å². The normalized spacial score (nSPS) is 16.2. The number of carbonyl (C=O) groups excluding carboxylic acids is 2. The van der Waals surface area contributed by atoms with Crippen molar-refractivity contribution in [1.82, 2.24) is 5.32 Å². The second kappa shape index (κ2) is 9.13. The number of ether oxygens (including phenoxy) is 2. The fourth-order valence-electron chi connectivity index (χ4n) is 3.97. The Labute approximate surface area is 184 Å². The van der Waals surface area contributed by atoms with Crippen LogP contribution in [0.4, 0.5) is 17.1 Å². The molecule has 1 N–H and O–H groups in total. The van der Waals surface area contributed by atoms with Crippen molar-refractivity contribution in [1.29, 1.82) is 0 Å². The topological polar surface area (TPSA) is 114 Å². The molecule has 0 atom stereocenters. The molecule has 0 unspecified atom stereocenters. The Kier molecular flexibility index (Phi) is 6.11. The lowest BCUT2D eigenvalue weighted by Gasteiger charge is -2.34. The summed E-state index contributed by atoms with van der Waals surface area (Å²) in [4.78, 5) is 39.1. The number of nitro groups is 1. The average Bonchev–Trinajstić information content (AvgIpc) is 2.81. The van der Waals surface area contributed by atoms with Gasteiger partial charge < -0.3 is 19.7 Å². The number of nitrogens with zero attached hydrogens (tertiary/aromatic N) is 3. The first-order chi connectivity index (χ1) is 15.4. The van der Waals surface area contributed by atoms with E-state index in [1.54, 1.807) is 7.11 Å². The van der Waals surface area contributed by atoms with E-state index in [0.717, 1.165) is 37.4 Å². The third kappa shape index (κ3) is 4.58. The summed E-state index contributed by atoms with van der Waals surface area (Å²) in [7, 11) is 1.63. The number of benzene rings is 2. The molecule has 0 bridgehead atoms. The minimum absolute atomic E-state index is 0.00211. The molecule has 10 nitrogen and oxygen atoms in total. The molecule has 0 aromatic heterocycles. The van der Waals surface area contributed by atoms with Gasteiger partial charge in [0.15, 0.2) is 6.61 Å². The minimum atomic E-state index is -0.547. The standard InChI is InChI=1S/C22H24N4O6/c1-31-18-5-2-16(3-6-18)24-10-8-15(9-11-24)23-21(27)13-25-19-12-17(26(29)30)4-7-20(19)32-14-22(25)28/h2-7,12,15H,8-11,13-14H2,1H3,(H,23,27). The number of hydrogen-bond donors (Lipinski definition) is 1. The van der Waals surface area contributed by atoms with Crippen molar-refractivity contribution in [2.24, 2.45) is 0 Å². The number of carbonyl (C=O) groups is 2.